The first-order valence-corrected chi connectivity index (χ1v) is 8.80. The van der Waals surface area contributed by atoms with Gasteiger partial charge in [0.15, 0.2) is 29.6 Å². The highest BCUT2D eigenvalue weighted by Crippen LogP contribution is 2.32. The monoisotopic (exact) mass is 436 g/mol. The van der Waals surface area contributed by atoms with Gasteiger partial charge < -0.3 is 28.2 Å². The summed E-state index contributed by atoms with van der Waals surface area (Å²) < 4.78 is 54.9. The Bertz CT molecular complexity index is 1060. The van der Waals surface area contributed by atoms with E-state index >= 15 is 0 Å². The van der Waals surface area contributed by atoms with Crippen molar-refractivity contribution in [2.45, 2.75) is 13.2 Å². The lowest BCUT2D eigenvalue weighted by atomic mass is 10.2. The van der Waals surface area contributed by atoms with Gasteiger partial charge >= 0.3 is 12.6 Å². The van der Waals surface area contributed by atoms with Gasteiger partial charge in [-0.2, -0.15) is 13.8 Å². The molecule has 1 aromatic heterocycles. The minimum Gasteiger partial charge on any atom is -0.493 e. The van der Waals surface area contributed by atoms with E-state index in [2.05, 4.69) is 14.9 Å². The molecule has 0 unspecified atom stereocenters. The Morgan fingerprint density at radius 1 is 0.968 bits per heavy atom. The molecular formula is C20H18F2N2O7. The molecule has 0 aliphatic heterocycles. The number of benzene rings is 2. The van der Waals surface area contributed by atoms with Crippen LogP contribution in [-0.4, -0.2) is 44.1 Å². The van der Waals surface area contributed by atoms with Crippen LogP contribution in [0.15, 0.2) is 40.9 Å². The maximum absolute atomic E-state index is 12.4. The van der Waals surface area contributed by atoms with Crippen molar-refractivity contribution in [2.75, 3.05) is 21.3 Å². The van der Waals surface area contributed by atoms with Crippen molar-refractivity contribution in [1.29, 1.82) is 0 Å². The van der Waals surface area contributed by atoms with Crippen LogP contribution in [0.3, 0.4) is 0 Å². The normalized spacial score (nSPS) is 10.6. The lowest BCUT2D eigenvalue weighted by Gasteiger charge is -2.10. The molecule has 0 bridgehead atoms. The minimum absolute atomic E-state index is 0.0377. The van der Waals surface area contributed by atoms with E-state index < -0.39 is 12.6 Å². The van der Waals surface area contributed by atoms with Gasteiger partial charge in [-0.1, -0.05) is 5.16 Å². The van der Waals surface area contributed by atoms with Crippen molar-refractivity contribution in [3.63, 3.8) is 0 Å². The Balaban J connectivity index is 1.68. The molecule has 0 amide bonds. The second-order valence-electron chi connectivity index (χ2n) is 5.90. The molecule has 0 aliphatic carbocycles. The Morgan fingerprint density at radius 3 is 2.32 bits per heavy atom. The summed E-state index contributed by atoms with van der Waals surface area (Å²) in [5.74, 6) is 0.356. The quantitative estimate of drug-likeness (QED) is 0.464. The third-order valence-corrected chi connectivity index (χ3v) is 4.05. The highest BCUT2D eigenvalue weighted by atomic mass is 19.3. The number of ether oxygens (including phenoxy) is 5. The number of methoxy groups -OCH3 is 3. The van der Waals surface area contributed by atoms with Gasteiger partial charge in [-0.05, 0) is 36.4 Å². The number of rotatable bonds is 9. The summed E-state index contributed by atoms with van der Waals surface area (Å²) in [6.45, 7) is -3.26. The van der Waals surface area contributed by atoms with E-state index in [1.54, 1.807) is 6.07 Å². The van der Waals surface area contributed by atoms with Gasteiger partial charge in [-0.15, -0.1) is 0 Å². The summed E-state index contributed by atoms with van der Waals surface area (Å²) >= 11 is 0. The first-order valence-electron chi connectivity index (χ1n) is 8.80. The standard InChI is InChI=1S/C20H18F2N2O7/c1-26-13-6-5-12(9-15(13)27-2)19(25)29-10-17-23-18(24-31-17)11-4-7-14(30-20(21)22)16(8-11)28-3/h4-9,20H,10H2,1-3H3. The van der Waals surface area contributed by atoms with Crippen molar-refractivity contribution in [3.05, 3.63) is 47.9 Å². The Hall–Kier alpha value is -3.89. The summed E-state index contributed by atoms with van der Waals surface area (Å²) in [4.78, 5) is 16.4. The lowest BCUT2D eigenvalue weighted by molar-refractivity contribution is -0.0512. The maximum Gasteiger partial charge on any atom is 0.387 e. The predicted molar refractivity (Wildman–Crippen MR) is 102 cm³/mol. The number of hydrogen-bond donors (Lipinski definition) is 0. The summed E-state index contributed by atoms with van der Waals surface area (Å²) in [6, 6.07) is 8.77. The van der Waals surface area contributed by atoms with Gasteiger partial charge in [0.1, 0.15) is 0 Å². The molecule has 0 N–H and O–H groups in total. The molecule has 0 radical (unpaired) electrons. The number of nitrogens with zero attached hydrogens (tertiary/aromatic N) is 2. The highest BCUT2D eigenvalue weighted by Gasteiger charge is 2.17. The van der Waals surface area contributed by atoms with Crippen LogP contribution in [0.5, 0.6) is 23.0 Å². The molecule has 2 aromatic carbocycles. The number of halogens is 2. The minimum atomic E-state index is -2.99. The van der Waals surface area contributed by atoms with Crippen molar-refractivity contribution in [1.82, 2.24) is 10.1 Å². The second-order valence-corrected chi connectivity index (χ2v) is 5.90. The van der Waals surface area contributed by atoms with Gasteiger partial charge in [0.05, 0.1) is 26.9 Å². The molecule has 0 spiro atoms. The fourth-order valence-corrected chi connectivity index (χ4v) is 2.60. The Labute approximate surface area is 175 Å². The third-order valence-electron chi connectivity index (χ3n) is 4.05. The molecule has 0 saturated carbocycles. The van der Waals surface area contributed by atoms with E-state index in [1.807, 2.05) is 0 Å². The van der Waals surface area contributed by atoms with E-state index in [0.717, 1.165) is 0 Å². The summed E-state index contributed by atoms with van der Waals surface area (Å²) in [7, 11) is 4.25. The zero-order chi connectivity index (χ0) is 22.4. The summed E-state index contributed by atoms with van der Waals surface area (Å²) in [5, 5.41) is 3.79. The highest BCUT2D eigenvalue weighted by molar-refractivity contribution is 5.90. The Kier molecular flexibility index (Phi) is 6.85. The predicted octanol–water partition coefficient (Wildman–Crippen LogP) is 3.72. The average Bonchev–Trinajstić information content (AvgIpc) is 3.25. The van der Waals surface area contributed by atoms with E-state index in [-0.39, 0.29) is 35.4 Å². The van der Waals surface area contributed by atoms with Crippen LogP contribution < -0.4 is 18.9 Å². The molecule has 1 heterocycles. The molecule has 11 heteroatoms. The molecule has 0 fully saturated rings. The van der Waals surface area contributed by atoms with Crippen molar-refractivity contribution < 1.29 is 41.8 Å². The number of aromatic nitrogens is 2. The molecule has 164 valence electrons. The number of alkyl halides is 2. The number of carbonyl (C=O) groups excluding carboxylic acids is 1. The number of esters is 1. The van der Waals surface area contributed by atoms with Gasteiger partial charge in [0.25, 0.3) is 5.89 Å². The molecule has 0 saturated heterocycles. The molecule has 3 rings (SSSR count). The van der Waals surface area contributed by atoms with E-state index in [0.29, 0.717) is 17.1 Å². The van der Waals surface area contributed by atoms with Gasteiger partial charge in [0.2, 0.25) is 5.82 Å². The van der Waals surface area contributed by atoms with Crippen molar-refractivity contribution in [2.24, 2.45) is 0 Å². The summed E-state index contributed by atoms with van der Waals surface area (Å²) in [6.07, 6.45) is 0. The fourth-order valence-electron chi connectivity index (χ4n) is 2.60. The first kappa shape index (κ1) is 21.8. The Morgan fingerprint density at radius 2 is 1.65 bits per heavy atom. The van der Waals surface area contributed by atoms with Crippen LogP contribution in [-0.2, 0) is 11.3 Å². The van der Waals surface area contributed by atoms with Crippen LogP contribution in [0.4, 0.5) is 8.78 Å². The van der Waals surface area contributed by atoms with Crippen LogP contribution in [0, 0.1) is 0 Å². The maximum atomic E-state index is 12.4. The molecule has 0 atom stereocenters. The SMILES string of the molecule is COc1ccc(C(=O)OCc2nc(-c3ccc(OC(F)F)c(OC)c3)no2)cc1OC. The number of carbonyl (C=O) groups is 1. The molecule has 0 aliphatic rings. The largest absolute Gasteiger partial charge is 0.493 e. The summed E-state index contributed by atoms with van der Waals surface area (Å²) in [5.41, 5.74) is 0.677. The first-order chi connectivity index (χ1) is 14.9. The van der Waals surface area contributed by atoms with Gasteiger partial charge in [0, 0.05) is 5.56 Å². The zero-order valence-corrected chi connectivity index (χ0v) is 16.8. The van der Waals surface area contributed by atoms with E-state index in [1.165, 1.54) is 51.7 Å². The van der Waals surface area contributed by atoms with E-state index in [4.69, 9.17) is 23.5 Å². The molecular weight excluding hydrogens is 418 g/mol. The number of hydrogen-bond acceptors (Lipinski definition) is 9. The topological polar surface area (TPSA) is 102 Å². The van der Waals surface area contributed by atoms with Crippen LogP contribution in [0.1, 0.15) is 16.2 Å². The lowest BCUT2D eigenvalue weighted by Crippen LogP contribution is -2.06. The van der Waals surface area contributed by atoms with Crippen LogP contribution >= 0.6 is 0 Å². The van der Waals surface area contributed by atoms with Gasteiger partial charge in [-0.25, -0.2) is 4.79 Å². The van der Waals surface area contributed by atoms with Crippen LogP contribution in [0.2, 0.25) is 0 Å². The fraction of sp³-hybridized carbons (Fsp3) is 0.250. The van der Waals surface area contributed by atoms with Gasteiger partial charge in [-0.3, -0.25) is 0 Å². The van der Waals surface area contributed by atoms with Crippen LogP contribution in [0.25, 0.3) is 11.4 Å². The molecule has 31 heavy (non-hydrogen) atoms. The second kappa shape index (κ2) is 9.74. The molecule has 3 aromatic rings. The molecule has 9 nitrogen and oxygen atoms in total. The average molecular weight is 436 g/mol. The third kappa shape index (κ3) is 5.18. The smallest absolute Gasteiger partial charge is 0.387 e. The van der Waals surface area contributed by atoms with Crippen molar-refractivity contribution >= 4 is 5.97 Å². The van der Waals surface area contributed by atoms with Crippen molar-refractivity contribution in [3.8, 4) is 34.4 Å². The van der Waals surface area contributed by atoms with E-state index in [9.17, 15) is 13.6 Å². The zero-order valence-electron chi connectivity index (χ0n) is 16.8.